The first-order valence-corrected chi connectivity index (χ1v) is 5.34. The van der Waals surface area contributed by atoms with Crippen molar-refractivity contribution in [3.63, 3.8) is 0 Å². The number of halogens is 1. The second-order valence-corrected chi connectivity index (χ2v) is 5.17. The monoisotopic (exact) mass is 236 g/mol. The molecule has 0 aromatic heterocycles. The van der Waals surface area contributed by atoms with Crippen LogP contribution in [-0.2, 0) is 0 Å². The lowest BCUT2D eigenvalue weighted by Crippen LogP contribution is -2.16. The maximum Gasteiger partial charge on any atom is 0.286 e. The van der Waals surface area contributed by atoms with Gasteiger partial charge in [0.1, 0.15) is 0 Å². The summed E-state index contributed by atoms with van der Waals surface area (Å²) in [5, 5.41) is 10.6. The highest BCUT2D eigenvalue weighted by Crippen LogP contribution is 2.36. The first kappa shape index (κ1) is 11.7. The molecule has 2 rings (SSSR count). The summed E-state index contributed by atoms with van der Waals surface area (Å²) in [7, 11) is 0. The number of fused-ring (bicyclic) bond motifs is 1. The molecule has 0 fully saturated rings. The molecule has 5 heteroatoms. The molecule has 1 aliphatic carbocycles. The normalized spacial score (nSPS) is 19.6. The Morgan fingerprint density at radius 3 is 2.59 bits per heavy atom. The van der Waals surface area contributed by atoms with Crippen molar-refractivity contribution in [2.45, 2.75) is 27.2 Å². The summed E-state index contributed by atoms with van der Waals surface area (Å²) >= 11 is 0. The third kappa shape index (κ3) is 2.05. The van der Waals surface area contributed by atoms with Crippen LogP contribution in [0.1, 0.15) is 27.2 Å². The molecule has 4 nitrogen and oxygen atoms in total. The Morgan fingerprint density at radius 1 is 1.41 bits per heavy atom. The van der Waals surface area contributed by atoms with Crippen LogP contribution in [0.2, 0.25) is 0 Å². The minimum Gasteiger partial charge on any atom is -0.259 e. The average Bonchev–Trinajstić information content (AvgIpc) is 2.58. The molecular weight excluding hydrogens is 223 g/mol. The van der Waals surface area contributed by atoms with E-state index in [-0.39, 0.29) is 17.5 Å². The van der Waals surface area contributed by atoms with Gasteiger partial charge in [0, 0.05) is 17.2 Å². The largest absolute Gasteiger partial charge is 0.286 e. The number of hydrogen-bond donors (Lipinski definition) is 0. The van der Waals surface area contributed by atoms with E-state index < -0.39 is 10.8 Å². The molecule has 0 N–H and O–H groups in total. The quantitative estimate of drug-likeness (QED) is 0.518. The number of rotatable bonds is 1. The van der Waals surface area contributed by atoms with E-state index in [9.17, 15) is 14.5 Å². The summed E-state index contributed by atoms with van der Waals surface area (Å²) in [4.78, 5) is 14.3. The van der Waals surface area contributed by atoms with Crippen molar-refractivity contribution < 1.29 is 9.31 Å². The van der Waals surface area contributed by atoms with Gasteiger partial charge in [0.2, 0.25) is 0 Å². The molecule has 0 unspecified atom stereocenters. The lowest BCUT2D eigenvalue weighted by Gasteiger charge is -2.15. The third-order valence-corrected chi connectivity index (χ3v) is 2.77. The maximum atomic E-state index is 13.4. The third-order valence-electron chi connectivity index (χ3n) is 2.77. The second kappa shape index (κ2) is 3.61. The van der Waals surface area contributed by atoms with Crippen molar-refractivity contribution in [2.75, 3.05) is 0 Å². The van der Waals surface area contributed by atoms with Crippen LogP contribution in [0, 0.1) is 15.5 Å². The standard InChI is InChI=1S/C12H13FN2O2/c1-12(2,3)11-5-7-4-10(15(16)17)8(13)6-9(7)14-11/h5-6H,4H2,1-3H3. The maximum absolute atomic E-state index is 13.4. The predicted octanol–water partition coefficient (Wildman–Crippen LogP) is 3.16. The topological polar surface area (TPSA) is 55.5 Å². The van der Waals surface area contributed by atoms with Crippen molar-refractivity contribution in [3.8, 4) is 0 Å². The Labute approximate surface area is 98.4 Å². The molecule has 1 heterocycles. The van der Waals surface area contributed by atoms with Gasteiger partial charge in [-0.15, -0.1) is 0 Å². The molecule has 17 heavy (non-hydrogen) atoms. The van der Waals surface area contributed by atoms with Gasteiger partial charge in [0.25, 0.3) is 5.70 Å². The SMILES string of the molecule is CC(C)(C)C1=NC2=CC(F)=C([N+](=O)[O-])CC2=C1. The minimum atomic E-state index is -0.791. The number of nitrogens with zero attached hydrogens (tertiary/aromatic N) is 2. The molecule has 0 saturated carbocycles. The van der Waals surface area contributed by atoms with Crippen LogP contribution >= 0.6 is 0 Å². The molecule has 0 radical (unpaired) electrons. The van der Waals surface area contributed by atoms with Crippen LogP contribution in [0.4, 0.5) is 4.39 Å². The average molecular weight is 236 g/mol. The second-order valence-electron chi connectivity index (χ2n) is 5.17. The van der Waals surface area contributed by atoms with E-state index in [1.165, 1.54) is 0 Å². The first-order valence-electron chi connectivity index (χ1n) is 5.34. The van der Waals surface area contributed by atoms with E-state index in [1.54, 1.807) is 0 Å². The molecule has 0 aromatic carbocycles. The van der Waals surface area contributed by atoms with Gasteiger partial charge < -0.3 is 0 Å². The van der Waals surface area contributed by atoms with Crippen molar-refractivity contribution in [2.24, 2.45) is 10.4 Å². The number of allylic oxidation sites excluding steroid dienone is 5. The van der Waals surface area contributed by atoms with Gasteiger partial charge in [-0.2, -0.15) is 4.39 Å². The van der Waals surface area contributed by atoms with Crippen LogP contribution in [-0.4, -0.2) is 10.6 Å². The van der Waals surface area contributed by atoms with Crippen LogP contribution in [0.3, 0.4) is 0 Å². The van der Waals surface area contributed by atoms with E-state index in [0.717, 1.165) is 17.4 Å². The van der Waals surface area contributed by atoms with Crippen molar-refractivity contribution in [1.29, 1.82) is 0 Å². The zero-order chi connectivity index (χ0) is 12.8. The molecule has 0 saturated heterocycles. The van der Waals surface area contributed by atoms with Gasteiger partial charge in [0.15, 0.2) is 5.83 Å². The highest BCUT2D eigenvalue weighted by Gasteiger charge is 2.31. The van der Waals surface area contributed by atoms with Crippen LogP contribution < -0.4 is 0 Å². The molecule has 90 valence electrons. The summed E-state index contributed by atoms with van der Waals surface area (Å²) in [5.74, 6) is -0.791. The van der Waals surface area contributed by atoms with Gasteiger partial charge in [-0.05, 0) is 11.6 Å². The highest BCUT2D eigenvalue weighted by atomic mass is 19.1. The summed E-state index contributed by atoms with van der Waals surface area (Å²) in [6, 6.07) is 0. The van der Waals surface area contributed by atoms with Gasteiger partial charge in [0.05, 0.1) is 17.0 Å². The Morgan fingerprint density at radius 2 is 2.06 bits per heavy atom. The van der Waals surface area contributed by atoms with Gasteiger partial charge in [-0.25, -0.2) is 0 Å². The minimum absolute atomic E-state index is 0.00769. The molecular formula is C12H13FN2O2. The number of hydrogen-bond acceptors (Lipinski definition) is 3. The Hall–Kier alpha value is -1.78. The van der Waals surface area contributed by atoms with Gasteiger partial charge >= 0.3 is 0 Å². The smallest absolute Gasteiger partial charge is 0.259 e. The van der Waals surface area contributed by atoms with Crippen molar-refractivity contribution in [1.82, 2.24) is 0 Å². The Kier molecular flexibility index (Phi) is 2.49. The van der Waals surface area contributed by atoms with Gasteiger partial charge in [-0.3, -0.25) is 15.1 Å². The first-order chi connectivity index (χ1) is 7.79. The predicted molar refractivity (Wildman–Crippen MR) is 62.8 cm³/mol. The van der Waals surface area contributed by atoms with E-state index in [4.69, 9.17) is 0 Å². The molecule has 0 bridgehead atoms. The molecule has 1 aliphatic heterocycles. The van der Waals surface area contributed by atoms with Crippen LogP contribution in [0.5, 0.6) is 0 Å². The summed E-state index contributed by atoms with van der Waals surface area (Å²) in [6.45, 7) is 6.00. The fourth-order valence-corrected chi connectivity index (χ4v) is 1.74. The molecule has 0 aromatic rings. The zero-order valence-electron chi connectivity index (χ0n) is 9.95. The highest BCUT2D eigenvalue weighted by molar-refractivity contribution is 6.03. The molecule has 2 aliphatic rings. The number of nitro groups is 1. The van der Waals surface area contributed by atoms with E-state index >= 15 is 0 Å². The fraction of sp³-hybridized carbons (Fsp3) is 0.417. The lowest BCUT2D eigenvalue weighted by atomic mass is 9.89. The van der Waals surface area contributed by atoms with Crippen molar-refractivity contribution >= 4 is 5.71 Å². The van der Waals surface area contributed by atoms with E-state index in [1.807, 2.05) is 26.8 Å². The number of aliphatic imine (C=N–C) groups is 1. The zero-order valence-corrected chi connectivity index (χ0v) is 9.95. The van der Waals surface area contributed by atoms with Crippen LogP contribution in [0.25, 0.3) is 0 Å². The van der Waals surface area contributed by atoms with E-state index in [0.29, 0.717) is 5.70 Å². The molecule has 0 amide bonds. The summed E-state index contributed by atoms with van der Waals surface area (Å²) in [5.41, 5.74) is 1.54. The summed E-state index contributed by atoms with van der Waals surface area (Å²) < 4.78 is 13.4. The molecule has 0 spiro atoms. The summed E-state index contributed by atoms with van der Waals surface area (Å²) in [6.07, 6.45) is 2.97. The Balaban J connectivity index is 2.39. The fourth-order valence-electron chi connectivity index (χ4n) is 1.74. The van der Waals surface area contributed by atoms with Crippen LogP contribution in [0.15, 0.2) is 39.9 Å². The molecule has 0 atom stereocenters. The van der Waals surface area contributed by atoms with E-state index in [2.05, 4.69) is 4.99 Å². The Bertz CT molecular complexity index is 519. The lowest BCUT2D eigenvalue weighted by molar-refractivity contribution is -0.429. The van der Waals surface area contributed by atoms with Gasteiger partial charge in [-0.1, -0.05) is 20.8 Å². The van der Waals surface area contributed by atoms with Crippen molar-refractivity contribution in [3.05, 3.63) is 45.1 Å².